The van der Waals surface area contributed by atoms with Gasteiger partial charge in [0.05, 0.1) is 0 Å². The Morgan fingerprint density at radius 1 is 1.60 bits per heavy atom. The summed E-state index contributed by atoms with van der Waals surface area (Å²) in [5.74, 6) is 0. The molecule has 0 saturated carbocycles. The van der Waals surface area contributed by atoms with Crippen LogP contribution in [0.4, 0.5) is 0 Å². The molecule has 0 atom stereocenters. The van der Waals surface area contributed by atoms with Crippen molar-refractivity contribution in [2.24, 2.45) is 0 Å². The average Bonchev–Trinajstić information content (AvgIpc) is 1.38. The summed E-state index contributed by atoms with van der Waals surface area (Å²) in [6.07, 6.45) is 0. The molecule has 0 spiro atoms. The standard InChI is InChI=1S/C2H9BN2/c1-5(2)4-3/h4H,3H2,1-2H3. The molecule has 0 aliphatic carbocycles. The van der Waals surface area contributed by atoms with Crippen LogP contribution >= 0.6 is 0 Å². The Balaban J connectivity index is 2.54. The second kappa shape index (κ2) is 2.24. The summed E-state index contributed by atoms with van der Waals surface area (Å²) in [5, 5.41) is 4.74. The minimum atomic E-state index is 1.88. The number of rotatable bonds is 1. The van der Waals surface area contributed by atoms with Gasteiger partial charge in [0.15, 0.2) is 0 Å². The average molecular weight is 71.9 g/mol. The Morgan fingerprint density at radius 3 is 1.80 bits per heavy atom. The molecule has 1 N–H and O–H groups in total. The summed E-state index contributed by atoms with van der Waals surface area (Å²) in [4.78, 5) is 0. The normalized spacial score (nSPS) is 9.40. The van der Waals surface area contributed by atoms with Crippen LogP contribution in [0.25, 0.3) is 0 Å². The van der Waals surface area contributed by atoms with E-state index in [9.17, 15) is 0 Å². The summed E-state index contributed by atoms with van der Waals surface area (Å²) < 4.78 is 0. The monoisotopic (exact) mass is 72.1 g/mol. The molecule has 30 valence electrons. The van der Waals surface area contributed by atoms with Crippen LogP contribution in [0.3, 0.4) is 0 Å². The van der Waals surface area contributed by atoms with Gasteiger partial charge < -0.3 is 5.34 Å². The molecule has 0 aromatic heterocycles. The van der Waals surface area contributed by atoms with Crippen LogP contribution in [0, 0.1) is 0 Å². The number of hydrogen-bond acceptors (Lipinski definition) is 2. The SMILES string of the molecule is BNN(C)C. The molecule has 2 nitrogen and oxygen atoms in total. The van der Waals surface area contributed by atoms with Crippen LogP contribution in [-0.2, 0) is 0 Å². The van der Waals surface area contributed by atoms with E-state index in [1.54, 1.807) is 0 Å². The topological polar surface area (TPSA) is 15.3 Å². The van der Waals surface area contributed by atoms with Crippen molar-refractivity contribution in [2.75, 3.05) is 14.1 Å². The summed E-state index contributed by atoms with van der Waals surface area (Å²) in [6.45, 7) is 0. The van der Waals surface area contributed by atoms with Gasteiger partial charge in [-0.25, -0.2) is 0 Å². The Kier molecular flexibility index (Phi) is 2.23. The maximum Gasteiger partial charge on any atom is 0.201 e. The lowest BCUT2D eigenvalue weighted by molar-refractivity contribution is 0.377. The first-order valence-corrected chi connectivity index (χ1v) is 1.62. The largest absolute Gasteiger partial charge is 0.303 e. The zero-order valence-electron chi connectivity index (χ0n) is 3.95. The molecule has 0 aliphatic heterocycles. The third kappa shape index (κ3) is 3.98. The zero-order valence-corrected chi connectivity index (χ0v) is 3.95. The van der Waals surface area contributed by atoms with Crippen molar-refractivity contribution < 1.29 is 0 Å². The minimum absolute atomic E-state index is 1.88. The highest BCUT2D eigenvalue weighted by Gasteiger charge is 1.69. The first-order valence-electron chi connectivity index (χ1n) is 1.62. The van der Waals surface area contributed by atoms with E-state index in [4.69, 9.17) is 0 Å². The van der Waals surface area contributed by atoms with Gasteiger partial charge in [0.25, 0.3) is 0 Å². The lowest BCUT2D eigenvalue weighted by Crippen LogP contribution is -2.26. The van der Waals surface area contributed by atoms with E-state index in [0.29, 0.717) is 0 Å². The van der Waals surface area contributed by atoms with Gasteiger partial charge in [-0.1, -0.05) is 0 Å². The van der Waals surface area contributed by atoms with Crippen molar-refractivity contribution in [3.05, 3.63) is 0 Å². The van der Waals surface area contributed by atoms with E-state index < -0.39 is 0 Å². The Bertz CT molecular complexity index is 21.6. The van der Waals surface area contributed by atoms with Gasteiger partial charge in [0.2, 0.25) is 7.98 Å². The van der Waals surface area contributed by atoms with Crippen molar-refractivity contribution in [1.82, 2.24) is 10.3 Å². The van der Waals surface area contributed by atoms with Gasteiger partial charge in [-0.3, -0.25) is 5.01 Å². The molecule has 0 aromatic rings. The van der Waals surface area contributed by atoms with Crippen molar-refractivity contribution in [1.29, 1.82) is 0 Å². The highest BCUT2D eigenvalue weighted by atomic mass is 15.4. The van der Waals surface area contributed by atoms with Gasteiger partial charge in [-0.05, 0) is 0 Å². The van der Waals surface area contributed by atoms with Gasteiger partial charge in [0, 0.05) is 14.1 Å². The summed E-state index contributed by atoms with van der Waals surface area (Å²) >= 11 is 0. The lowest BCUT2D eigenvalue weighted by atomic mass is 10.5. The molecule has 0 aromatic carbocycles. The molecule has 0 amide bonds. The van der Waals surface area contributed by atoms with Gasteiger partial charge in [-0.15, -0.1) is 0 Å². The molecular weight excluding hydrogens is 62.8 g/mol. The van der Waals surface area contributed by atoms with Crippen LogP contribution in [0.2, 0.25) is 0 Å². The minimum Gasteiger partial charge on any atom is -0.303 e. The highest BCUT2D eigenvalue weighted by Crippen LogP contribution is 1.48. The van der Waals surface area contributed by atoms with Crippen molar-refractivity contribution in [3.63, 3.8) is 0 Å². The molecule has 0 bridgehead atoms. The third-order valence-electron chi connectivity index (χ3n) is 0.447. The summed E-state index contributed by atoms with van der Waals surface area (Å²) in [7, 11) is 5.76. The second-order valence-corrected chi connectivity index (χ2v) is 1.12. The van der Waals surface area contributed by atoms with E-state index in [2.05, 4.69) is 5.34 Å². The van der Waals surface area contributed by atoms with Gasteiger partial charge >= 0.3 is 0 Å². The van der Waals surface area contributed by atoms with E-state index >= 15 is 0 Å². The number of nitrogens with one attached hydrogen (secondary N) is 1. The Hall–Kier alpha value is -0.0151. The molecule has 0 radical (unpaired) electrons. The first kappa shape index (κ1) is 4.98. The van der Waals surface area contributed by atoms with Gasteiger partial charge in [-0.2, -0.15) is 0 Å². The van der Waals surface area contributed by atoms with Crippen LogP contribution in [-0.4, -0.2) is 27.1 Å². The summed E-state index contributed by atoms with van der Waals surface area (Å²) in [6, 6.07) is 0. The number of nitrogens with zero attached hydrogens (tertiary/aromatic N) is 1. The molecule has 0 saturated heterocycles. The molecule has 0 fully saturated rings. The second-order valence-electron chi connectivity index (χ2n) is 1.12. The number of hydrogen-bond donors (Lipinski definition) is 1. The van der Waals surface area contributed by atoms with Crippen LogP contribution in [0.15, 0.2) is 0 Å². The fourth-order valence-corrected chi connectivity index (χ4v) is 0. The fourth-order valence-electron chi connectivity index (χ4n) is 0. The predicted molar refractivity (Wildman–Crippen MR) is 25.4 cm³/mol. The van der Waals surface area contributed by atoms with Crippen molar-refractivity contribution in [3.8, 4) is 0 Å². The third-order valence-corrected chi connectivity index (χ3v) is 0.447. The maximum absolute atomic E-state index is 2.86. The van der Waals surface area contributed by atoms with Crippen LogP contribution < -0.4 is 5.34 Å². The van der Waals surface area contributed by atoms with Crippen LogP contribution in [0.1, 0.15) is 0 Å². The van der Waals surface area contributed by atoms with Crippen molar-refractivity contribution in [2.45, 2.75) is 0 Å². The highest BCUT2D eigenvalue weighted by molar-refractivity contribution is 6.03. The number of hydrazine groups is 1. The molecule has 5 heavy (non-hydrogen) atoms. The lowest BCUT2D eigenvalue weighted by Gasteiger charge is -2.03. The van der Waals surface area contributed by atoms with Gasteiger partial charge in [0.1, 0.15) is 0 Å². The molecule has 3 heteroatoms. The fraction of sp³-hybridized carbons (Fsp3) is 1.00. The zero-order chi connectivity index (χ0) is 4.28. The molecule has 0 unspecified atom stereocenters. The van der Waals surface area contributed by atoms with Crippen molar-refractivity contribution >= 4 is 7.98 Å². The van der Waals surface area contributed by atoms with E-state index in [1.165, 1.54) is 0 Å². The molecule has 0 aliphatic rings. The molecule has 0 heterocycles. The Morgan fingerprint density at radius 2 is 1.80 bits per heavy atom. The first-order chi connectivity index (χ1) is 2.27. The predicted octanol–water partition coefficient (Wildman–Crippen LogP) is -1.40. The molecular formula is C2H9BN2. The smallest absolute Gasteiger partial charge is 0.201 e. The van der Waals surface area contributed by atoms with E-state index in [1.807, 2.05) is 27.1 Å². The van der Waals surface area contributed by atoms with E-state index in [0.717, 1.165) is 0 Å². The van der Waals surface area contributed by atoms with E-state index in [-0.39, 0.29) is 0 Å². The Labute approximate surface area is 33.6 Å². The maximum atomic E-state index is 2.86. The summed E-state index contributed by atoms with van der Waals surface area (Å²) in [5.41, 5.74) is 0. The van der Waals surface area contributed by atoms with Crippen LogP contribution in [0.5, 0.6) is 0 Å². The quantitative estimate of drug-likeness (QED) is 0.302. The molecule has 0 rings (SSSR count).